The van der Waals surface area contributed by atoms with Gasteiger partial charge >= 0.3 is 0 Å². The lowest BCUT2D eigenvalue weighted by Crippen LogP contribution is -2.35. The molecule has 0 fully saturated rings. The van der Waals surface area contributed by atoms with E-state index in [-0.39, 0.29) is 6.10 Å². The summed E-state index contributed by atoms with van der Waals surface area (Å²) in [5.74, 6) is 0.989. The summed E-state index contributed by atoms with van der Waals surface area (Å²) >= 11 is 0. The molecule has 0 bridgehead atoms. The molecular formula is C18H30N2O. The van der Waals surface area contributed by atoms with Crippen molar-refractivity contribution in [3.05, 3.63) is 23.8 Å². The minimum atomic E-state index is 0.256. The van der Waals surface area contributed by atoms with Gasteiger partial charge in [0.1, 0.15) is 11.9 Å². The molecule has 0 saturated carbocycles. The first-order chi connectivity index (χ1) is 10.1. The second kappa shape index (κ2) is 7.69. The maximum absolute atomic E-state index is 5.84. The molecule has 1 aliphatic heterocycles. The van der Waals surface area contributed by atoms with Gasteiger partial charge in [0, 0.05) is 6.04 Å². The Hall–Kier alpha value is -1.22. The van der Waals surface area contributed by atoms with Crippen molar-refractivity contribution in [1.82, 2.24) is 4.90 Å². The van der Waals surface area contributed by atoms with Crippen LogP contribution in [0.3, 0.4) is 0 Å². The fourth-order valence-corrected chi connectivity index (χ4v) is 2.98. The predicted molar refractivity (Wildman–Crippen MR) is 90.3 cm³/mol. The van der Waals surface area contributed by atoms with Gasteiger partial charge < -0.3 is 15.0 Å². The van der Waals surface area contributed by atoms with Crippen molar-refractivity contribution in [2.45, 2.75) is 59.1 Å². The van der Waals surface area contributed by atoms with E-state index < -0.39 is 0 Å². The maximum Gasteiger partial charge on any atom is 0.142 e. The topological polar surface area (TPSA) is 24.5 Å². The first kappa shape index (κ1) is 16.2. The van der Waals surface area contributed by atoms with E-state index in [1.54, 1.807) is 0 Å². The zero-order valence-corrected chi connectivity index (χ0v) is 14.0. The summed E-state index contributed by atoms with van der Waals surface area (Å²) in [7, 11) is 0. The van der Waals surface area contributed by atoms with E-state index in [1.165, 1.54) is 24.9 Å². The highest BCUT2D eigenvalue weighted by Crippen LogP contribution is 2.30. The smallest absolute Gasteiger partial charge is 0.142 e. The zero-order valence-electron chi connectivity index (χ0n) is 14.0. The molecule has 0 aromatic heterocycles. The summed E-state index contributed by atoms with van der Waals surface area (Å²) < 4.78 is 5.84. The van der Waals surface area contributed by atoms with Crippen molar-refractivity contribution >= 4 is 5.69 Å². The maximum atomic E-state index is 5.84. The van der Waals surface area contributed by atoms with Crippen LogP contribution in [0.4, 0.5) is 5.69 Å². The number of hydrogen-bond donors (Lipinski definition) is 1. The molecule has 0 saturated heterocycles. The number of nitrogens with one attached hydrogen (secondary N) is 1. The summed E-state index contributed by atoms with van der Waals surface area (Å²) in [6, 6.07) is 7.17. The standard InChI is InChI=1S/C18H30N2O/c1-5-7-10-20(6-2)14(3)11-16-8-9-18-17(12-16)19-13-15(4)21-18/h8-9,12,14-15,19H,5-7,10-11,13H2,1-4H3. The number of rotatable bonds is 7. The van der Waals surface area contributed by atoms with Crippen LogP contribution < -0.4 is 10.1 Å². The average molecular weight is 290 g/mol. The lowest BCUT2D eigenvalue weighted by Gasteiger charge is -2.29. The number of fused-ring (bicyclic) bond motifs is 1. The van der Waals surface area contributed by atoms with E-state index in [2.05, 4.69) is 56.1 Å². The molecule has 2 rings (SSSR count). The number of hydrogen-bond acceptors (Lipinski definition) is 3. The van der Waals surface area contributed by atoms with Crippen molar-refractivity contribution in [2.75, 3.05) is 25.0 Å². The van der Waals surface area contributed by atoms with Gasteiger partial charge in [-0.05, 0) is 57.5 Å². The van der Waals surface area contributed by atoms with Crippen LogP contribution in [0.15, 0.2) is 18.2 Å². The lowest BCUT2D eigenvalue weighted by atomic mass is 10.0. The van der Waals surface area contributed by atoms with Gasteiger partial charge in [-0.15, -0.1) is 0 Å². The van der Waals surface area contributed by atoms with Gasteiger partial charge in [-0.2, -0.15) is 0 Å². The Kier molecular flexibility index (Phi) is 5.92. The van der Waals surface area contributed by atoms with Crippen molar-refractivity contribution in [3.63, 3.8) is 0 Å². The van der Waals surface area contributed by atoms with Crippen LogP contribution in [0, 0.1) is 0 Å². The first-order valence-electron chi connectivity index (χ1n) is 8.41. The summed E-state index contributed by atoms with van der Waals surface area (Å²) in [4.78, 5) is 2.58. The van der Waals surface area contributed by atoms with Crippen molar-refractivity contribution < 1.29 is 4.74 Å². The van der Waals surface area contributed by atoms with E-state index in [0.29, 0.717) is 6.04 Å². The monoisotopic (exact) mass is 290 g/mol. The zero-order chi connectivity index (χ0) is 15.2. The van der Waals surface area contributed by atoms with Crippen LogP contribution in [0.25, 0.3) is 0 Å². The Balaban J connectivity index is 1.99. The number of unbranched alkanes of at least 4 members (excludes halogenated alkanes) is 1. The molecule has 0 amide bonds. The number of anilines is 1. The normalized spacial score (nSPS) is 18.8. The van der Waals surface area contributed by atoms with Gasteiger partial charge in [0.05, 0.1) is 12.2 Å². The Morgan fingerprint density at radius 2 is 2.19 bits per heavy atom. The third-order valence-electron chi connectivity index (χ3n) is 4.31. The lowest BCUT2D eigenvalue weighted by molar-refractivity contribution is 0.214. The Morgan fingerprint density at radius 1 is 1.38 bits per heavy atom. The SMILES string of the molecule is CCCCN(CC)C(C)Cc1ccc2c(c1)NCC(C)O2. The van der Waals surface area contributed by atoms with Gasteiger partial charge in [-0.25, -0.2) is 0 Å². The molecule has 1 aromatic rings. The van der Waals surface area contributed by atoms with E-state index in [0.717, 1.165) is 30.9 Å². The molecule has 1 aromatic carbocycles. The van der Waals surface area contributed by atoms with Crippen molar-refractivity contribution in [1.29, 1.82) is 0 Å². The van der Waals surface area contributed by atoms with E-state index in [1.807, 2.05) is 0 Å². The molecule has 0 radical (unpaired) electrons. The minimum Gasteiger partial charge on any atom is -0.487 e. The summed E-state index contributed by atoms with van der Waals surface area (Å²) in [5.41, 5.74) is 2.54. The van der Waals surface area contributed by atoms with Crippen molar-refractivity contribution in [3.8, 4) is 5.75 Å². The number of likely N-dealkylation sites (N-methyl/N-ethyl adjacent to an activating group) is 1. The Morgan fingerprint density at radius 3 is 2.90 bits per heavy atom. The van der Waals surface area contributed by atoms with Crippen LogP contribution in [0.1, 0.15) is 46.1 Å². The molecule has 2 unspecified atom stereocenters. The summed E-state index contributed by atoms with van der Waals surface area (Å²) in [6.07, 6.45) is 3.91. The van der Waals surface area contributed by atoms with Crippen LogP contribution in [-0.2, 0) is 6.42 Å². The minimum absolute atomic E-state index is 0.256. The summed E-state index contributed by atoms with van der Waals surface area (Å²) in [5, 5.41) is 3.46. The molecule has 1 heterocycles. The molecular weight excluding hydrogens is 260 g/mol. The molecule has 3 heteroatoms. The van der Waals surface area contributed by atoms with E-state index in [9.17, 15) is 0 Å². The van der Waals surface area contributed by atoms with Crippen molar-refractivity contribution in [2.24, 2.45) is 0 Å². The van der Waals surface area contributed by atoms with Crippen LogP contribution in [-0.4, -0.2) is 36.7 Å². The quantitative estimate of drug-likeness (QED) is 0.823. The fourth-order valence-electron chi connectivity index (χ4n) is 2.98. The third kappa shape index (κ3) is 4.37. The highest BCUT2D eigenvalue weighted by molar-refractivity contribution is 5.59. The Bertz CT molecular complexity index is 447. The first-order valence-corrected chi connectivity index (χ1v) is 8.41. The predicted octanol–water partition coefficient (Wildman–Crippen LogP) is 3.93. The fraction of sp³-hybridized carbons (Fsp3) is 0.667. The average Bonchev–Trinajstić information content (AvgIpc) is 2.48. The number of ether oxygens (including phenoxy) is 1. The molecule has 118 valence electrons. The number of nitrogens with zero attached hydrogens (tertiary/aromatic N) is 1. The van der Waals surface area contributed by atoms with Crippen LogP contribution in [0.2, 0.25) is 0 Å². The number of benzene rings is 1. The Labute approximate surface area is 129 Å². The highest BCUT2D eigenvalue weighted by atomic mass is 16.5. The second-order valence-corrected chi connectivity index (χ2v) is 6.18. The van der Waals surface area contributed by atoms with Gasteiger partial charge in [0.15, 0.2) is 0 Å². The molecule has 0 aliphatic carbocycles. The van der Waals surface area contributed by atoms with Gasteiger partial charge in [0.2, 0.25) is 0 Å². The molecule has 3 nitrogen and oxygen atoms in total. The third-order valence-corrected chi connectivity index (χ3v) is 4.31. The van der Waals surface area contributed by atoms with Gasteiger partial charge in [0.25, 0.3) is 0 Å². The molecule has 1 N–H and O–H groups in total. The molecule has 21 heavy (non-hydrogen) atoms. The molecule has 0 spiro atoms. The summed E-state index contributed by atoms with van der Waals surface area (Å²) in [6.45, 7) is 12.2. The second-order valence-electron chi connectivity index (χ2n) is 6.18. The van der Waals surface area contributed by atoms with Crippen LogP contribution >= 0.6 is 0 Å². The molecule has 1 aliphatic rings. The van der Waals surface area contributed by atoms with E-state index in [4.69, 9.17) is 4.74 Å². The van der Waals surface area contributed by atoms with Gasteiger partial charge in [-0.1, -0.05) is 26.3 Å². The highest BCUT2D eigenvalue weighted by Gasteiger charge is 2.17. The molecule has 2 atom stereocenters. The van der Waals surface area contributed by atoms with Gasteiger partial charge in [-0.3, -0.25) is 0 Å². The largest absolute Gasteiger partial charge is 0.487 e. The van der Waals surface area contributed by atoms with E-state index >= 15 is 0 Å². The van der Waals surface area contributed by atoms with Crippen LogP contribution in [0.5, 0.6) is 5.75 Å².